The van der Waals surface area contributed by atoms with Gasteiger partial charge in [0.1, 0.15) is 5.54 Å². The van der Waals surface area contributed by atoms with E-state index in [1.807, 2.05) is 13.8 Å². The molecule has 2 atom stereocenters. The largest absolute Gasteiger partial charge is 0.468 e. The van der Waals surface area contributed by atoms with Crippen molar-refractivity contribution in [2.45, 2.75) is 57.2 Å². The molecule has 0 aromatic carbocycles. The van der Waals surface area contributed by atoms with Crippen molar-refractivity contribution in [1.29, 1.82) is 0 Å². The van der Waals surface area contributed by atoms with E-state index in [1.54, 1.807) is 11.8 Å². The van der Waals surface area contributed by atoms with Crippen molar-refractivity contribution in [3.8, 4) is 0 Å². The van der Waals surface area contributed by atoms with E-state index in [0.717, 1.165) is 38.0 Å². The van der Waals surface area contributed by atoms with Crippen LogP contribution in [0.5, 0.6) is 0 Å². The number of esters is 1. The van der Waals surface area contributed by atoms with Gasteiger partial charge in [-0.15, -0.1) is 0 Å². The van der Waals surface area contributed by atoms with Crippen LogP contribution in [0.1, 0.15) is 46.5 Å². The van der Waals surface area contributed by atoms with Gasteiger partial charge in [-0.3, -0.25) is 4.79 Å². The van der Waals surface area contributed by atoms with Gasteiger partial charge < -0.3 is 15.2 Å². The van der Waals surface area contributed by atoms with Crippen molar-refractivity contribution in [1.82, 2.24) is 5.32 Å². The molecule has 114 valence electrons. The van der Waals surface area contributed by atoms with Gasteiger partial charge in [0.25, 0.3) is 0 Å². The van der Waals surface area contributed by atoms with Crippen molar-refractivity contribution in [2.24, 2.45) is 0 Å². The lowest BCUT2D eigenvalue weighted by Crippen LogP contribution is -2.50. The summed E-state index contributed by atoms with van der Waals surface area (Å²) in [5, 5.41) is 12.5. The molecule has 19 heavy (non-hydrogen) atoms. The second-order valence-electron chi connectivity index (χ2n) is 5.07. The Bertz CT molecular complexity index is 251. The Morgan fingerprint density at radius 3 is 2.68 bits per heavy atom. The Morgan fingerprint density at radius 1 is 1.47 bits per heavy atom. The molecular weight excluding hydrogens is 262 g/mol. The Balaban J connectivity index is 4.02. The van der Waals surface area contributed by atoms with Gasteiger partial charge in [0, 0.05) is 5.25 Å². The lowest BCUT2D eigenvalue weighted by Gasteiger charge is -2.28. The molecular formula is C14H29NO3S. The monoisotopic (exact) mass is 291 g/mol. The van der Waals surface area contributed by atoms with Crippen LogP contribution in [0, 0.1) is 0 Å². The van der Waals surface area contributed by atoms with Crippen molar-refractivity contribution in [3.63, 3.8) is 0 Å². The number of aliphatic hydroxyl groups is 1. The average Bonchev–Trinajstić information content (AvgIpc) is 2.43. The van der Waals surface area contributed by atoms with Gasteiger partial charge in [0.05, 0.1) is 13.7 Å². The number of aliphatic hydroxyl groups excluding tert-OH is 1. The van der Waals surface area contributed by atoms with Crippen LogP contribution in [-0.4, -0.2) is 47.9 Å². The van der Waals surface area contributed by atoms with E-state index in [1.165, 1.54) is 7.11 Å². The van der Waals surface area contributed by atoms with Gasteiger partial charge in [-0.2, -0.15) is 11.8 Å². The Morgan fingerprint density at radius 2 is 2.16 bits per heavy atom. The summed E-state index contributed by atoms with van der Waals surface area (Å²) in [5.41, 5.74) is -0.571. The third-order valence-corrected chi connectivity index (χ3v) is 4.37. The van der Waals surface area contributed by atoms with Gasteiger partial charge >= 0.3 is 5.97 Å². The van der Waals surface area contributed by atoms with Crippen LogP contribution in [0.25, 0.3) is 0 Å². The van der Waals surface area contributed by atoms with Crippen molar-refractivity contribution >= 4 is 17.7 Å². The first-order chi connectivity index (χ1) is 9.00. The molecule has 0 aromatic rings. The number of rotatable bonds is 11. The standard InChI is InChI=1S/C14H29NO3S/c1-5-9-15-14(3,13(17)18-4)8-6-7-10-19-12(2)11-16/h12,15-16H,5-11H2,1-4H3. The van der Waals surface area contributed by atoms with Crippen molar-refractivity contribution in [2.75, 3.05) is 26.0 Å². The highest BCUT2D eigenvalue weighted by atomic mass is 32.2. The molecule has 0 heterocycles. The molecule has 0 radical (unpaired) electrons. The van der Waals surface area contributed by atoms with Gasteiger partial charge in [-0.05, 0) is 38.5 Å². The summed E-state index contributed by atoms with van der Waals surface area (Å²) in [4.78, 5) is 11.8. The van der Waals surface area contributed by atoms with Crippen LogP contribution < -0.4 is 5.32 Å². The number of unbranched alkanes of at least 4 members (excludes halogenated alkanes) is 1. The first-order valence-electron chi connectivity index (χ1n) is 7.06. The summed E-state index contributed by atoms with van der Waals surface area (Å²) in [6, 6.07) is 0. The van der Waals surface area contributed by atoms with Crippen molar-refractivity contribution < 1.29 is 14.6 Å². The molecule has 0 aliphatic rings. The normalized spacial score (nSPS) is 15.8. The van der Waals surface area contributed by atoms with Crippen LogP contribution in [-0.2, 0) is 9.53 Å². The Hall–Kier alpha value is -0.260. The SMILES string of the molecule is CCCNC(C)(CCCCSC(C)CO)C(=O)OC. The highest BCUT2D eigenvalue weighted by Gasteiger charge is 2.32. The summed E-state index contributed by atoms with van der Waals surface area (Å²) in [5.74, 6) is 0.838. The summed E-state index contributed by atoms with van der Waals surface area (Å²) < 4.78 is 4.89. The molecule has 0 rings (SSSR count). The lowest BCUT2D eigenvalue weighted by atomic mass is 9.95. The molecule has 2 unspecified atom stereocenters. The first kappa shape index (κ1) is 18.7. The molecule has 4 nitrogen and oxygen atoms in total. The van der Waals surface area contributed by atoms with Gasteiger partial charge in [0.15, 0.2) is 0 Å². The second-order valence-corrected chi connectivity index (χ2v) is 6.62. The summed E-state index contributed by atoms with van der Waals surface area (Å²) in [6.45, 7) is 7.06. The van der Waals surface area contributed by atoms with Gasteiger partial charge in [0.2, 0.25) is 0 Å². The zero-order valence-electron chi connectivity index (χ0n) is 12.7. The predicted molar refractivity (Wildman–Crippen MR) is 81.6 cm³/mol. The summed E-state index contributed by atoms with van der Waals surface area (Å²) in [7, 11) is 1.44. The average molecular weight is 291 g/mol. The fraction of sp³-hybridized carbons (Fsp3) is 0.929. The number of nitrogens with one attached hydrogen (secondary N) is 1. The number of carbonyl (C=O) groups excluding carboxylic acids is 1. The minimum atomic E-state index is -0.571. The van der Waals surface area contributed by atoms with Crippen molar-refractivity contribution in [3.05, 3.63) is 0 Å². The highest BCUT2D eigenvalue weighted by molar-refractivity contribution is 7.99. The summed E-state index contributed by atoms with van der Waals surface area (Å²) >= 11 is 1.77. The van der Waals surface area contributed by atoms with E-state index in [9.17, 15) is 4.79 Å². The molecule has 0 bridgehead atoms. The Labute approximate surface area is 121 Å². The van der Waals surface area contributed by atoms with Gasteiger partial charge in [-0.1, -0.05) is 20.3 Å². The van der Waals surface area contributed by atoms with Crippen LogP contribution in [0.15, 0.2) is 0 Å². The minimum Gasteiger partial charge on any atom is -0.468 e. The Kier molecular flexibility index (Phi) is 10.4. The third-order valence-electron chi connectivity index (χ3n) is 3.13. The van der Waals surface area contributed by atoms with E-state index in [4.69, 9.17) is 9.84 Å². The number of hydrogen-bond donors (Lipinski definition) is 2. The van der Waals surface area contributed by atoms with Crippen LogP contribution in [0.4, 0.5) is 0 Å². The summed E-state index contributed by atoms with van der Waals surface area (Å²) in [6.07, 6.45) is 3.81. The van der Waals surface area contributed by atoms with E-state index >= 15 is 0 Å². The highest BCUT2D eigenvalue weighted by Crippen LogP contribution is 2.18. The lowest BCUT2D eigenvalue weighted by molar-refractivity contribution is -0.148. The number of thioether (sulfide) groups is 1. The zero-order chi connectivity index (χ0) is 14.7. The molecule has 0 aliphatic carbocycles. The van der Waals surface area contributed by atoms with Crippen LogP contribution in [0.2, 0.25) is 0 Å². The molecule has 0 saturated carbocycles. The fourth-order valence-electron chi connectivity index (χ4n) is 1.81. The quantitative estimate of drug-likeness (QED) is 0.451. The van der Waals surface area contributed by atoms with E-state index < -0.39 is 5.54 Å². The number of methoxy groups -OCH3 is 1. The molecule has 0 fully saturated rings. The molecule has 0 amide bonds. The molecule has 5 heteroatoms. The van der Waals surface area contributed by atoms with Gasteiger partial charge in [-0.25, -0.2) is 0 Å². The molecule has 0 aromatic heterocycles. The number of ether oxygens (including phenoxy) is 1. The molecule has 0 aliphatic heterocycles. The second kappa shape index (κ2) is 10.5. The smallest absolute Gasteiger partial charge is 0.325 e. The maximum atomic E-state index is 11.8. The maximum absolute atomic E-state index is 11.8. The molecule has 0 spiro atoms. The molecule has 2 N–H and O–H groups in total. The third kappa shape index (κ3) is 7.80. The minimum absolute atomic E-state index is 0.183. The predicted octanol–water partition coefficient (Wildman–Crippen LogP) is 2.20. The van der Waals surface area contributed by atoms with Crippen LogP contribution >= 0.6 is 11.8 Å². The van der Waals surface area contributed by atoms with E-state index in [0.29, 0.717) is 5.25 Å². The zero-order valence-corrected chi connectivity index (χ0v) is 13.5. The van der Waals surface area contributed by atoms with E-state index in [2.05, 4.69) is 12.2 Å². The molecule has 0 saturated heterocycles. The topological polar surface area (TPSA) is 58.6 Å². The fourth-order valence-corrected chi connectivity index (χ4v) is 2.69. The van der Waals surface area contributed by atoms with Crippen LogP contribution in [0.3, 0.4) is 0 Å². The first-order valence-corrected chi connectivity index (χ1v) is 8.11. The maximum Gasteiger partial charge on any atom is 0.325 e. The number of hydrogen-bond acceptors (Lipinski definition) is 5. The van der Waals surface area contributed by atoms with E-state index in [-0.39, 0.29) is 12.6 Å². The number of carbonyl (C=O) groups is 1.